The maximum atomic E-state index is 12.4. The van der Waals surface area contributed by atoms with Crippen LogP contribution in [0.5, 0.6) is 17.2 Å². The molecule has 142 valence electrons. The van der Waals surface area contributed by atoms with Crippen LogP contribution in [0.1, 0.15) is 22.8 Å². The second kappa shape index (κ2) is 9.81. The van der Waals surface area contributed by atoms with Crippen molar-refractivity contribution >= 4 is 18.3 Å². The first kappa shape index (κ1) is 19.8. The summed E-state index contributed by atoms with van der Waals surface area (Å²) in [5.41, 5.74) is 3.14. The third kappa shape index (κ3) is 5.46. The smallest absolute Gasteiger partial charge is 0.427 e. The lowest BCUT2D eigenvalue weighted by Gasteiger charge is -2.11. The van der Waals surface area contributed by atoms with Crippen molar-refractivity contribution in [2.24, 2.45) is 5.10 Å². The fourth-order valence-electron chi connectivity index (χ4n) is 2.14. The lowest BCUT2D eigenvalue weighted by molar-refractivity contribution is 0.0726. The molecule has 27 heavy (non-hydrogen) atoms. The number of benzene rings is 2. The number of hydrogen-bond acceptors (Lipinski definition) is 7. The molecule has 0 fully saturated rings. The van der Waals surface area contributed by atoms with Gasteiger partial charge in [0.2, 0.25) is 0 Å². The molecule has 0 atom stereocenters. The summed E-state index contributed by atoms with van der Waals surface area (Å²) < 4.78 is 20.5. The molecule has 0 unspecified atom stereocenters. The van der Waals surface area contributed by atoms with Gasteiger partial charge in [0.15, 0.2) is 11.5 Å². The number of hydrogen-bond donors (Lipinski definition) is 1. The van der Waals surface area contributed by atoms with Gasteiger partial charge in [-0.1, -0.05) is 12.1 Å². The molecule has 0 heterocycles. The molecule has 8 heteroatoms. The van der Waals surface area contributed by atoms with Crippen molar-refractivity contribution in [3.8, 4) is 17.2 Å². The minimum absolute atomic E-state index is 0.240. The lowest BCUT2D eigenvalue weighted by Crippen LogP contribution is -2.18. The Hall–Kier alpha value is -3.55. The Balaban J connectivity index is 2.13. The maximum Gasteiger partial charge on any atom is 0.427 e. The molecule has 1 amide bonds. The first-order chi connectivity index (χ1) is 13.1. The number of nitrogens with zero attached hydrogens (tertiary/aromatic N) is 1. The van der Waals surface area contributed by atoms with Crippen LogP contribution in [0, 0.1) is 0 Å². The Labute approximate surface area is 156 Å². The number of carbonyl (C=O) groups is 2. The number of para-hydroxylation sites is 1. The number of nitrogens with one attached hydrogen (secondary N) is 1. The van der Waals surface area contributed by atoms with E-state index in [2.05, 4.69) is 10.5 Å². The highest BCUT2D eigenvalue weighted by Crippen LogP contribution is 2.29. The molecule has 0 aliphatic rings. The summed E-state index contributed by atoms with van der Waals surface area (Å²) in [5.74, 6) is 0.411. The summed E-state index contributed by atoms with van der Waals surface area (Å²) in [7, 11) is 2.93. The van der Waals surface area contributed by atoms with Gasteiger partial charge in [-0.2, -0.15) is 5.10 Å². The van der Waals surface area contributed by atoms with Crippen LogP contribution < -0.4 is 19.6 Å². The van der Waals surface area contributed by atoms with E-state index >= 15 is 0 Å². The zero-order valence-electron chi connectivity index (χ0n) is 15.2. The van der Waals surface area contributed by atoms with Gasteiger partial charge in [0.1, 0.15) is 11.3 Å². The van der Waals surface area contributed by atoms with Gasteiger partial charge in [0.05, 0.1) is 27.0 Å². The quantitative estimate of drug-likeness (QED) is 0.347. The Morgan fingerprint density at radius 1 is 1.04 bits per heavy atom. The number of hydrazone groups is 1. The highest BCUT2D eigenvalue weighted by Gasteiger charge is 2.16. The fraction of sp³-hybridized carbons (Fsp3) is 0.211. The number of methoxy groups -OCH3 is 2. The van der Waals surface area contributed by atoms with E-state index in [0.717, 1.165) is 0 Å². The van der Waals surface area contributed by atoms with Crippen LogP contribution >= 0.6 is 0 Å². The van der Waals surface area contributed by atoms with Crippen molar-refractivity contribution in [1.82, 2.24) is 5.43 Å². The number of esters is 1. The van der Waals surface area contributed by atoms with Crippen LogP contribution in [0.25, 0.3) is 0 Å². The monoisotopic (exact) mass is 372 g/mol. The molecule has 0 radical (unpaired) electrons. The minimum Gasteiger partial charge on any atom is -0.496 e. The van der Waals surface area contributed by atoms with Gasteiger partial charge in [0, 0.05) is 0 Å². The van der Waals surface area contributed by atoms with Crippen molar-refractivity contribution in [3.05, 3.63) is 53.6 Å². The SMILES string of the molecule is CCOC(=O)N/N=C/c1ccc(OC(=O)c2ccccc2OC)c(OC)c1. The summed E-state index contributed by atoms with van der Waals surface area (Å²) >= 11 is 0. The van der Waals surface area contributed by atoms with Gasteiger partial charge < -0.3 is 18.9 Å². The van der Waals surface area contributed by atoms with Gasteiger partial charge in [-0.25, -0.2) is 15.0 Å². The molecule has 0 aliphatic carbocycles. The molecule has 0 aromatic heterocycles. The predicted molar refractivity (Wildman–Crippen MR) is 98.7 cm³/mol. The normalized spacial score (nSPS) is 10.3. The van der Waals surface area contributed by atoms with Gasteiger partial charge >= 0.3 is 12.1 Å². The molecule has 0 spiro atoms. The zero-order valence-corrected chi connectivity index (χ0v) is 15.2. The van der Waals surface area contributed by atoms with Gasteiger partial charge in [-0.05, 0) is 42.8 Å². The third-order valence-corrected chi connectivity index (χ3v) is 3.36. The van der Waals surface area contributed by atoms with E-state index in [1.807, 2.05) is 0 Å². The van der Waals surface area contributed by atoms with E-state index < -0.39 is 12.1 Å². The molecule has 0 bridgehead atoms. The van der Waals surface area contributed by atoms with Crippen LogP contribution in [-0.4, -0.2) is 39.1 Å². The van der Waals surface area contributed by atoms with Crippen molar-refractivity contribution < 1.29 is 28.5 Å². The summed E-state index contributed by atoms with van der Waals surface area (Å²) in [4.78, 5) is 23.6. The van der Waals surface area contributed by atoms with E-state index in [0.29, 0.717) is 22.6 Å². The molecule has 0 aliphatic heterocycles. The molecule has 8 nitrogen and oxygen atoms in total. The van der Waals surface area contributed by atoms with Crippen molar-refractivity contribution in [2.45, 2.75) is 6.92 Å². The van der Waals surface area contributed by atoms with E-state index in [1.165, 1.54) is 20.4 Å². The summed E-state index contributed by atoms with van der Waals surface area (Å²) in [6, 6.07) is 11.6. The predicted octanol–water partition coefficient (Wildman–Crippen LogP) is 3.00. The first-order valence-electron chi connectivity index (χ1n) is 8.08. The molecular formula is C19H20N2O6. The zero-order chi connectivity index (χ0) is 19.6. The maximum absolute atomic E-state index is 12.4. The minimum atomic E-state index is -0.650. The topological polar surface area (TPSA) is 95.5 Å². The second-order valence-electron chi connectivity index (χ2n) is 5.09. The molecule has 0 saturated carbocycles. The highest BCUT2D eigenvalue weighted by molar-refractivity contribution is 5.94. The van der Waals surface area contributed by atoms with Crippen molar-refractivity contribution in [3.63, 3.8) is 0 Å². The second-order valence-corrected chi connectivity index (χ2v) is 5.09. The average molecular weight is 372 g/mol. The van der Waals surface area contributed by atoms with Crippen LogP contribution in [0.4, 0.5) is 4.79 Å². The van der Waals surface area contributed by atoms with Crippen LogP contribution in [0.15, 0.2) is 47.6 Å². The Morgan fingerprint density at radius 3 is 2.48 bits per heavy atom. The number of carbonyl (C=O) groups excluding carboxylic acids is 2. The van der Waals surface area contributed by atoms with Crippen molar-refractivity contribution in [2.75, 3.05) is 20.8 Å². The molecule has 2 rings (SSSR count). The van der Waals surface area contributed by atoms with E-state index in [9.17, 15) is 9.59 Å². The van der Waals surface area contributed by atoms with Crippen LogP contribution in [0.3, 0.4) is 0 Å². The summed E-state index contributed by atoms with van der Waals surface area (Å²) in [6.45, 7) is 1.95. The summed E-state index contributed by atoms with van der Waals surface area (Å²) in [6.07, 6.45) is 0.758. The number of ether oxygens (including phenoxy) is 4. The van der Waals surface area contributed by atoms with E-state index in [4.69, 9.17) is 18.9 Å². The molecule has 1 N–H and O–H groups in total. The molecule has 0 saturated heterocycles. The van der Waals surface area contributed by atoms with Crippen LogP contribution in [-0.2, 0) is 4.74 Å². The van der Waals surface area contributed by atoms with Gasteiger partial charge in [-0.3, -0.25) is 0 Å². The lowest BCUT2D eigenvalue weighted by atomic mass is 10.2. The summed E-state index contributed by atoms with van der Waals surface area (Å²) in [5, 5.41) is 3.77. The molecular weight excluding hydrogens is 352 g/mol. The fourth-order valence-corrected chi connectivity index (χ4v) is 2.14. The Bertz CT molecular complexity index is 835. The largest absolute Gasteiger partial charge is 0.496 e. The van der Waals surface area contributed by atoms with Gasteiger partial charge in [-0.15, -0.1) is 0 Å². The Morgan fingerprint density at radius 2 is 1.78 bits per heavy atom. The highest BCUT2D eigenvalue weighted by atomic mass is 16.6. The van der Waals surface area contributed by atoms with Crippen LogP contribution in [0.2, 0.25) is 0 Å². The molecule has 2 aromatic carbocycles. The third-order valence-electron chi connectivity index (χ3n) is 3.36. The average Bonchev–Trinajstić information content (AvgIpc) is 2.69. The van der Waals surface area contributed by atoms with E-state index in [-0.39, 0.29) is 12.4 Å². The molecule has 2 aromatic rings. The number of amides is 1. The van der Waals surface area contributed by atoms with E-state index in [1.54, 1.807) is 49.4 Å². The van der Waals surface area contributed by atoms with Gasteiger partial charge in [0.25, 0.3) is 0 Å². The standard InChI is InChI=1S/C19H20N2O6/c1-4-26-19(23)21-20-12-13-9-10-16(17(11-13)25-3)27-18(22)14-7-5-6-8-15(14)24-2/h5-12H,4H2,1-3H3,(H,21,23)/b20-12+. The van der Waals surface area contributed by atoms with Crippen molar-refractivity contribution in [1.29, 1.82) is 0 Å². The Kier molecular flexibility index (Phi) is 7.18. The first-order valence-corrected chi connectivity index (χ1v) is 8.08. The number of rotatable bonds is 7.